The van der Waals surface area contributed by atoms with E-state index in [2.05, 4.69) is 4.98 Å². The molecule has 2 aliphatic rings. The van der Waals surface area contributed by atoms with Crippen molar-refractivity contribution in [2.45, 2.75) is 43.9 Å². The zero-order chi connectivity index (χ0) is 12.5. The molecule has 96 valence electrons. The molecule has 2 atom stereocenters. The van der Waals surface area contributed by atoms with E-state index in [-0.39, 0.29) is 18.2 Å². The Morgan fingerprint density at radius 2 is 1.89 bits per heavy atom. The first-order valence-corrected chi connectivity index (χ1v) is 6.32. The fourth-order valence-electron chi connectivity index (χ4n) is 3.14. The third-order valence-electron chi connectivity index (χ3n) is 3.86. The van der Waals surface area contributed by atoms with Gasteiger partial charge in [0, 0.05) is 37.3 Å². The summed E-state index contributed by atoms with van der Waals surface area (Å²) < 4.78 is 5.90. The highest BCUT2D eigenvalue weighted by Gasteiger charge is 2.44. The average Bonchev–Trinajstić information content (AvgIpc) is 2.63. The smallest absolute Gasteiger partial charge is 0.407 e. The summed E-state index contributed by atoms with van der Waals surface area (Å²) in [5.41, 5.74) is 0. The zero-order valence-corrected chi connectivity index (χ0v) is 10.0. The number of pyridine rings is 1. The van der Waals surface area contributed by atoms with Crippen molar-refractivity contribution in [2.24, 2.45) is 0 Å². The van der Waals surface area contributed by atoms with Gasteiger partial charge in [0.05, 0.1) is 0 Å². The maximum absolute atomic E-state index is 11.2. The first-order valence-electron chi connectivity index (χ1n) is 6.32. The van der Waals surface area contributed by atoms with Crippen molar-refractivity contribution in [2.75, 3.05) is 0 Å². The van der Waals surface area contributed by atoms with Crippen molar-refractivity contribution < 1.29 is 14.6 Å². The van der Waals surface area contributed by atoms with Crippen LogP contribution in [0.1, 0.15) is 25.7 Å². The van der Waals surface area contributed by atoms with Gasteiger partial charge in [-0.15, -0.1) is 0 Å². The number of aromatic nitrogens is 1. The first kappa shape index (κ1) is 11.3. The normalized spacial score (nSPS) is 30.2. The van der Waals surface area contributed by atoms with Crippen molar-refractivity contribution in [3.63, 3.8) is 0 Å². The lowest BCUT2D eigenvalue weighted by molar-refractivity contribution is 0.0496. The van der Waals surface area contributed by atoms with E-state index in [0.717, 1.165) is 31.4 Å². The van der Waals surface area contributed by atoms with Crippen LogP contribution < -0.4 is 4.74 Å². The van der Waals surface area contributed by atoms with Crippen molar-refractivity contribution in [1.82, 2.24) is 9.88 Å². The molecule has 18 heavy (non-hydrogen) atoms. The van der Waals surface area contributed by atoms with Crippen LogP contribution in [0.3, 0.4) is 0 Å². The Morgan fingerprint density at radius 3 is 2.44 bits per heavy atom. The fraction of sp³-hybridized carbons (Fsp3) is 0.538. The fourth-order valence-corrected chi connectivity index (χ4v) is 3.14. The Hall–Kier alpha value is -1.78. The maximum atomic E-state index is 11.2. The second-order valence-electron chi connectivity index (χ2n) is 4.97. The monoisotopic (exact) mass is 248 g/mol. The van der Waals surface area contributed by atoms with Gasteiger partial charge in [0.15, 0.2) is 0 Å². The highest BCUT2D eigenvalue weighted by atomic mass is 16.5. The van der Waals surface area contributed by atoms with Gasteiger partial charge < -0.3 is 14.7 Å². The largest absolute Gasteiger partial charge is 0.490 e. The van der Waals surface area contributed by atoms with Crippen LogP contribution in [0.2, 0.25) is 0 Å². The molecule has 0 aromatic carbocycles. The van der Waals surface area contributed by atoms with E-state index >= 15 is 0 Å². The van der Waals surface area contributed by atoms with Gasteiger partial charge in [-0.1, -0.05) is 0 Å². The molecule has 2 saturated heterocycles. The number of amides is 1. The summed E-state index contributed by atoms with van der Waals surface area (Å²) in [6.07, 6.45) is 6.27. The first-order chi connectivity index (χ1) is 8.74. The van der Waals surface area contributed by atoms with Crippen molar-refractivity contribution in [1.29, 1.82) is 0 Å². The lowest BCUT2D eigenvalue weighted by atomic mass is 10.0. The number of fused-ring (bicyclic) bond motifs is 2. The van der Waals surface area contributed by atoms with Crippen molar-refractivity contribution in [3.05, 3.63) is 24.5 Å². The SMILES string of the molecule is O=C(O)N1C2CCC1CC(Oc1ccncc1)C2. The summed E-state index contributed by atoms with van der Waals surface area (Å²) in [4.78, 5) is 16.7. The van der Waals surface area contributed by atoms with Crippen LogP contribution in [0.4, 0.5) is 4.79 Å². The third kappa shape index (κ3) is 2.00. The van der Waals surface area contributed by atoms with Crippen LogP contribution in [0.5, 0.6) is 5.75 Å². The molecule has 0 spiro atoms. The van der Waals surface area contributed by atoms with Gasteiger partial charge in [0.2, 0.25) is 0 Å². The number of hydrogen-bond donors (Lipinski definition) is 1. The molecule has 3 rings (SSSR count). The average molecular weight is 248 g/mol. The van der Waals surface area contributed by atoms with E-state index in [1.54, 1.807) is 17.3 Å². The number of nitrogens with zero attached hydrogens (tertiary/aromatic N) is 2. The summed E-state index contributed by atoms with van der Waals surface area (Å²) >= 11 is 0. The predicted octanol–water partition coefficient (Wildman–Crippen LogP) is 2.13. The predicted molar refractivity (Wildman–Crippen MR) is 64.6 cm³/mol. The number of piperidine rings is 1. The highest BCUT2D eigenvalue weighted by Crippen LogP contribution is 2.37. The number of ether oxygens (including phenoxy) is 1. The number of hydrogen-bond acceptors (Lipinski definition) is 3. The molecule has 1 aromatic heterocycles. The topological polar surface area (TPSA) is 62.7 Å². The van der Waals surface area contributed by atoms with Crippen LogP contribution in [0.25, 0.3) is 0 Å². The Balaban J connectivity index is 1.67. The van der Waals surface area contributed by atoms with Gasteiger partial charge >= 0.3 is 6.09 Å². The number of carbonyl (C=O) groups is 1. The van der Waals surface area contributed by atoms with Gasteiger partial charge in [-0.05, 0) is 25.0 Å². The quantitative estimate of drug-likeness (QED) is 0.871. The second-order valence-corrected chi connectivity index (χ2v) is 4.97. The van der Waals surface area contributed by atoms with Gasteiger partial charge in [-0.2, -0.15) is 0 Å². The van der Waals surface area contributed by atoms with Gasteiger partial charge in [0.25, 0.3) is 0 Å². The van der Waals surface area contributed by atoms with E-state index in [9.17, 15) is 9.90 Å². The van der Waals surface area contributed by atoms with Crippen LogP contribution >= 0.6 is 0 Å². The summed E-state index contributed by atoms with van der Waals surface area (Å²) in [7, 11) is 0. The van der Waals surface area contributed by atoms with E-state index in [1.807, 2.05) is 12.1 Å². The lowest BCUT2D eigenvalue weighted by Crippen LogP contribution is -2.48. The van der Waals surface area contributed by atoms with E-state index < -0.39 is 6.09 Å². The van der Waals surface area contributed by atoms with Gasteiger partial charge in [-0.3, -0.25) is 4.98 Å². The van der Waals surface area contributed by atoms with Crippen LogP contribution in [-0.4, -0.2) is 39.3 Å². The molecule has 0 radical (unpaired) electrons. The molecule has 5 heteroatoms. The van der Waals surface area contributed by atoms with Crippen LogP contribution in [-0.2, 0) is 0 Å². The number of carboxylic acid groups (broad SMARTS) is 1. The third-order valence-corrected chi connectivity index (χ3v) is 3.86. The summed E-state index contributed by atoms with van der Waals surface area (Å²) in [5, 5.41) is 9.17. The summed E-state index contributed by atoms with van der Waals surface area (Å²) in [6, 6.07) is 3.94. The van der Waals surface area contributed by atoms with Crippen molar-refractivity contribution >= 4 is 6.09 Å². The molecule has 2 aliphatic heterocycles. The van der Waals surface area contributed by atoms with Crippen LogP contribution in [0.15, 0.2) is 24.5 Å². The number of rotatable bonds is 2. The molecular formula is C13H16N2O3. The molecule has 2 bridgehead atoms. The lowest BCUT2D eigenvalue weighted by Gasteiger charge is -2.36. The van der Waals surface area contributed by atoms with Crippen LogP contribution in [0, 0.1) is 0 Å². The minimum absolute atomic E-state index is 0.125. The van der Waals surface area contributed by atoms with E-state index in [1.165, 1.54) is 0 Å². The minimum Gasteiger partial charge on any atom is -0.490 e. The highest BCUT2D eigenvalue weighted by molar-refractivity contribution is 5.66. The van der Waals surface area contributed by atoms with E-state index in [0.29, 0.717) is 0 Å². The molecule has 1 amide bonds. The summed E-state index contributed by atoms with van der Waals surface area (Å²) in [6.45, 7) is 0. The molecule has 3 heterocycles. The molecule has 1 aromatic rings. The molecule has 0 saturated carbocycles. The molecule has 2 fully saturated rings. The minimum atomic E-state index is -0.787. The zero-order valence-electron chi connectivity index (χ0n) is 10.0. The van der Waals surface area contributed by atoms with Crippen molar-refractivity contribution in [3.8, 4) is 5.75 Å². The molecule has 2 unspecified atom stereocenters. The molecule has 1 N–H and O–H groups in total. The Labute approximate surface area is 105 Å². The summed E-state index contributed by atoms with van der Waals surface area (Å²) in [5.74, 6) is 0.818. The van der Waals surface area contributed by atoms with Gasteiger partial charge in [-0.25, -0.2) is 4.79 Å². The Kier molecular flexibility index (Phi) is 2.81. The van der Waals surface area contributed by atoms with E-state index in [4.69, 9.17) is 4.74 Å². The molecule has 0 aliphatic carbocycles. The Bertz CT molecular complexity index is 423. The standard InChI is InChI=1S/C13H16N2O3/c16-13(17)15-9-1-2-10(15)8-12(7-9)18-11-3-5-14-6-4-11/h3-6,9-10,12H,1-2,7-8H2,(H,16,17). The molecular weight excluding hydrogens is 232 g/mol. The molecule has 5 nitrogen and oxygen atoms in total. The Morgan fingerprint density at radius 1 is 1.28 bits per heavy atom. The second kappa shape index (κ2) is 4.48. The maximum Gasteiger partial charge on any atom is 0.407 e. The van der Waals surface area contributed by atoms with Gasteiger partial charge in [0.1, 0.15) is 11.9 Å².